The van der Waals surface area contributed by atoms with Crippen LogP contribution in [-0.2, 0) is 0 Å². The van der Waals surface area contributed by atoms with Gasteiger partial charge in [-0.1, -0.05) is 0 Å². The Balaban J connectivity index is 2.74. The molecule has 0 spiro atoms. The molecule has 0 amide bonds. The first-order valence-corrected chi connectivity index (χ1v) is 2.90. The SMILES string of the molecule is CC1=NC=C(N)N(C)C1. The largest absolute Gasteiger partial charge is 0.384 e. The van der Waals surface area contributed by atoms with Crippen molar-refractivity contribution in [2.24, 2.45) is 10.7 Å². The summed E-state index contributed by atoms with van der Waals surface area (Å²) in [5.74, 6) is 0.737. The predicted molar refractivity (Wildman–Crippen MR) is 38.0 cm³/mol. The van der Waals surface area contributed by atoms with E-state index in [1.807, 2.05) is 18.9 Å². The molecular weight excluding hydrogens is 114 g/mol. The van der Waals surface area contributed by atoms with Crippen LogP contribution < -0.4 is 5.73 Å². The van der Waals surface area contributed by atoms with Gasteiger partial charge in [0.15, 0.2) is 0 Å². The maximum Gasteiger partial charge on any atom is 0.118 e. The Morgan fingerprint density at radius 1 is 1.78 bits per heavy atom. The Kier molecular flexibility index (Phi) is 1.42. The standard InChI is InChI=1S/C6H11N3/c1-5-4-9(2)6(7)3-8-5/h3H,4,7H2,1-2H3. The lowest BCUT2D eigenvalue weighted by atomic mass is 10.3. The lowest BCUT2D eigenvalue weighted by Gasteiger charge is -2.21. The molecule has 0 aromatic rings. The van der Waals surface area contributed by atoms with Gasteiger partial charge in [-0.2, -0.15) is 0 Å². The molecule has 2 N–H and O–H groups in total. The Bertz CT molecular complexity index is 169. The third-order valence-electron chi connectivity index (χ3n) is 1.32. The van der Waals surface area contributed by atoms with E-state index in [-0.39, 0.29) is 0 Å². The summed E-state index contributed by atoms with van der Waals surface area (Å²) >= 11 is 0. The molecule has 3 heteroatoms. The number of rotatable bonds is 0. The van der Waals surface area contributed by atoms with Crippen LogP contribution in [0.1, 0.15) is 6.92 Å². The first-order valence-electron chi connectivity index (χ1n) is 2.90. The average molecular weight is 125 g/mol. The van der Waals surface area contributed by atoms with Crippen molar-refractivity contribution >= 4 is 5.71 Å². The van der Waals surface area contributed by atoms with Crippen LogP contribution in [0.2, 0.25) is 0 Å². The molecule has 1 aliphatic heterocycles. The van der Waals surface area contributed by atoms with Crippen LogP contribution in [0.4, 0.5) is 0 Å². The van der Waals surface area contributed by atoms with Gasteiger partial charge in [-0.3, -0.25) is 4.99 Å². The zero-order chi connectivity index (χ0) is 6.85. The van der Waals surface area contributed by atoms with Gasteiger partial charge in [-0.15, -0.1) is 0 Å². The minimum atomic E-state index is 0.737. The molecule has 0 aromatic carbocycles. The van der Waals surface area contributed by atoms with Gasteiger partial charge in [0.2, 0.25) is 0 Å². The highest BCUT2D eigenvalue weighted by molar-refractivity contribution is 5.85. The maximum absolute atomic E-state index is 5.52. The highest BCUT2D eigenvalue weighted by Gasteiger charge is 2.04. The molecule has 0 saturated heterocycles. The lowest BCUT2D eigenvalue weighted by Crippen LogP contribution is -2.30. The monoisotopic (exact) mass is 125 g/mol. The minimum absolute atomic E-state index is 0.737. The molecule has 0 aromatic heterocycles. The van der Waals surface area contributed by atoms with E-state index < -0.39 is 0 Å². The number of nitrogens with zero attached hydrogens (tertiary/aromatic N) is 2. The molecule has 1 rings (SSSR count). The summed E-state index contributed by atoms with van der Waals surface area (Å²) in [6.07, 6.45) is 1.68. The second-order valence-electron chi connectivity index (χ2n) is 2.27. The van der Waals surface area contributed by atoms with Gasteiger partial charge in [0.05, 0.1) is 12.7 Å². The van der Waals surface area contributed by atoms with Crippen molar-refractivity contribution in [3.8, 4) is 0 Å². The zero-order valence-corrected chi connectivity index (χ0v) is 5.76. The van der Waals surface area contributed by atoms with Crippen molar-refractivity contribution in [1.29, 1.82) is 0 Å². The lowest BCUT2D eigenvalue weighted by molar-refractivity contribution is 0.463. The Morgan fingerprint density at radius 2 is 2.44 bits per heavy atom. The summed E-state index contributed by atoms with van der Waals surface area (Å²) in [7, 11) is 1.95. The summed E-state index contributed by atoms with van der Waals surface area (Å²) in [6, 6.07) is 0. The van der Waals surface area contributed by atoms with E-state index in [2.05, 4.69) is 4.99 Å². The van der Waals surface area contributed by atoms with Crippen LogP contribution in [-0.4, -0.2) is 24.2 Å². The summed E-state index contributed by atoms with van der Waals surface area (Å²) in [5.41, 5.74) is 6.62. The van der Waals surface area contributed by atoms with E-state index >= 15 is 0 Å². The Hall–Kier alpha value is -0.990. The van der Waals surface area contributed by atoms with Gasteiger partial charge in [0.1, 0.15) is 5.82 Å². The molecule has 0 unspecified atom stereocenters. The van der Waals surface area contributed by atoms with E-state index in [9.17, 15) is 0 Å². The first-order chi connectivity index (χ1) is 4.20. The van der Waals surface area contributed by atoms with E-state index in [0.717, 1.165) is 18.1 Å². The fraction of sp³-hybridized carbons (Fsp3) is 0.500. The fourth-order valence-electron chi connectivity index (χ4n) is 0.750. The van der Waals surface area contributed by atoms with E-state index in [0.29, 0.717) is 0 Å². The van der Waals surface area contributed by atoms with Gasteiger partial charge in [-0.05, 0) is 6.92 Å². The second-order valence-corrected chi connectivity index (χ2v) is 2.27. The molecule has 0 radical (unpaired) electrons. The van der Waals surface area contributed by atoms with Crippen molar-refractivity contribution in [2.75, 3.05) is 13.6 Å². The van der Waals surface area contributed by atoms with Crippen LogP contribution in [0.15, 0.2) is 17.0 Å². The van der Waals surface area contributed by atoms with Gasteiger partial charge in [-0.25, -0.2) is 0 Å². The molecule has 0 saturated carbocycles. The quantitative estimate of drug-likeness (QED) is 0.500. The van der Waals surface area contributed by atoms with Crippen molar-refractivity contribution < 1.29 is 0 Å². The molecule has 0 bridgehead atoms. The summed E-state index contributed by atoms with van der Waals surface area (Å²) in [5, 5.41) is 0. The van der Waals surface area contributed by atoms with Crippen LogP contribution in [0, 0.1) is 0 Å². The van der Waals surface area contributed by atoms with Crippen LogP contribution in [0.3, 0.4) is 0 Å². The maximum atomic E-state index is 5.52. The number of hydrogen-bond donors (Lipinski definition) is 1. The number of hydrogen-bond acceptors (Lipinski definition) is 3. The van der Waals surface area contributed by atoms with Crippen molar-refractivity contribution in [2.45, 2.75) is 6.92 Å². The van der Waals surface area contributed by atoms with Gasteiger partial charge < -0.3 is 10.6 Å². The van der Waals surface area contributed by atoms with Crippen molar-refractivity contribution in [3.63, 3.8) is 0 Å². The minimum Gasteiger partial charge on any atom is -0.384 e. The molecule has 50 valence electrons. The third kappa shape index (κ3) is 1.22. The number of nitrogens with two attached hydrogens (primary N) is 1. The zero-order valence-electron chi connectivity index (χ0n) is 5.76. The van der Waals surface area contributed by atoms with Gasteiger partial charge in [0.25, 0.3) is 0 Å². The summed E-state index contributed by atoms with van der Waals surface area (Å²) in [6.45, 7) is 2.84. The number of aliphatic imine (C=N–C) groups is 1. The van der Waals surface area contributed by atoms with E-state index in [1.165, 1.54) is 0 Å². The third-order valence-corrected chi connectivity index (χ3v) is 1.32. The normalized spacial score (nSPS) is 19.1. The van der Waals surface area contributed by atoms with E-state index in [4.69, 9.17) is 5.73 Å². The predicted octanol–water partition coefficient (Wildman–Crippen LogP) is 0.150. The van der Waals surface area contributed by atoms with E-state index in [1.54, 1.807) is 6.20 Å². The molecule has 3 nitrogen and oxygen atoms in total. The van der Waals surface area contributed by atoms with Crippen LogP contribution in [0.5, 0.6) is 0 Å². The first kappa shape index (κ1) is 6.13. The summed E-state index contributed by atoms with van der Waals surface area (Å²) < 4.78 is 0. The average Bonchev–Trinajstić information content (AvgIpc) is 1.80. The van der Waals surface area contributed by atoms with Crippen LogP contribution in [0.25, 0.3) is 0 Å². The summed E-state index contributed by atoms with van der Waals surface area (Å²) in [4.78, 5) is 6.01. The van der Waals surface area contributed by atoms with Gasteiger partial charge in [0, 0.05) is 12.8 Å². The topological polar surface area (TPSA) is 41.6 Å². The Labute approximate surface area is 54.9 Å². The molecule has 1 aliphatic rings. The highest BCUT2D eigenvalue weighted by Crippen LogP contribution is 2.00. The second kappa shape index (κ2) is 2.09. The van der Waals surface area contributed by atoms with Crippen LogP contribution >= 0.6 is 0 Å². The fourth-order valence-corrected chi connectivity index (χ4v) is 0.750. The Morgan fingerprint density at radius 3 is 2.89 bits per heavy atom. The smallest absolute Gasteiger partial charge is 0.118 e. The molecule has 0 fully saturated rings. The molecule has 0 aliphatic carbocycles. The highest BCUT2D eigenvalue weighted by atomic mass is 15.2. The van der Waals surface area contributed by atoms with Crippen molar-refractivity contribution in [1.82, 2.24) is 4.90 Å². The molecular formula is C6H11N3. The van der Waals surface area contributed by atoms with Gasteiger partial charge >= 0.3 is 0 Å². The molecule has 1 heterocycles. The molecule has 9 heavy (non-hydrogen) atoms. The van der Waals surface area contributed by atoms with Crippen molar-refractivity contribution in [3.05, 3.63) is 12.0 Å². The molecule has 0 atom stereocenters.